The predicted octanol–water partition coefficient (Wildman–Crippen LogP) is 1.70. The van der Waals surface area contributed by atoms with Gasteiger partial charge in [0.25, 0.3) is 0 Å². The maximum Gasteiger partial charge on any atom is 0.142 e. The second-order valence-electron chi connectivity index (χ2n) is 5.67. The smallest absolute Gasteiger partial charge is 0.142 e. The molecule has 0 spiro atoms. The van der Waals surface area contributed by atoms with Gasteiger partial charge in [0.15, 0.2) is 0 Å². The second-order valence-corrected chi connectivity index (χ2v) is 5.67. The van der Waals surface area contributed by atoms with E-state index in [2.05, 4.69) is 19.9 Å². The van der Waals surface area contributed by atoms with Crippen molar-refractivity contribution < 1.29 is 5.11 Å². The first-order valence-electron chi connectivity index (χ1n) is 7.06. The number of rotatable bonds is 2. The minimum atomic E-state index is 0.211. The number of nitrogens with zero attached hydrogens (tertiary/aromatic N) is 3. The van der Waals surface area contributed by atoms with Crippen LogP contribution in [0, 0.1) is 5.92 Å². The number of hydrogen-bond donors (Lipinski definition) is 2. The van der Waals surface area contributed by atoms with Gasteiger partial charge in [0, 0.05) is 12.2 Å². The maximum absolute atomic E-state index is 9.68. The van der Waals surface area contributed by atoms with E-state index in [0.717, 1.165) is 29.2 Å². The highest BCUT2D eigenvalue weighted by Crippen LogP contribution is 2.44. The largest absolute Gasteiger partial charge is 0.394 e. The fourth-order valence-corrected chi connectivity index (χ4v) is 3.95. The van der Waals surface area contributed by atoms with Crippen LogP contribution in [0.5, 0.6) is 0 Å². The lowest BCUT2D eigenvalue weighted by Gasteiger charge is -2.30. The molecule has 3 heterocycles. The molecule has 1 aliphatic heterocycles. The second kappa shape index (κ2) is 4.20. The van der Waals surface area contributed by atoms with E-state index in [-0.39, 0.29) is 12.6 Å². The summed E-state index contributed by atoms with van der Waals surface area (Å²) in [5.41, 5.74) is 0.878. The van der Waals surface area contributed by atoms with E-state index < -0.39 is 0 Å². The number of aromatic nitrogens is 3. The van der Waals surface area contributed by atoms with Gasteiger partial charge in [-0.2, -0.15) is 0 Å². The zero-order valence-electron chi connectivity index (χ0n) is 10.8. The van der Waals surface area contributed by atoms with Crippen LogP contribution in [-0.2, 0) is 0 Å². The third-order valence-electron chi connectivity index (χ3n) is 4.73. The van der Waals surface area contributed by atoms with Gasteiger partial charge in [0.2, 0.25) is 0 Å². The predicted molar refractivity (Wildman–Crippen MR) is 73.0 cm³/mol. The van der Waals surface area contributed by atoms with Crippen molar-refractivity contribution >= 4 is 16.9 Å². The molecule has 4 rings (SSSR count). The molecule has 5 nitrogen and oxygen atoms in total. The summed E-state index contributed by atoms with van der Waals surface area (Å²) in [6.45, 7) is 0.211. The highest BCUT2D eigenvalue weighted by atomic mass is 16.3. The molecule has 0 unspecified atom stereocenters. The van der Waals surface area contributed by atoms with E-state index in [1.165, 1.54) is 19.3 Å². The Balaban J connectivity index is 1.83. The van der Waals surface area contributed by atoms with Crippen molar-refractivity contribution in [3.8, 4) is 0 Å². The van der Waals surface area contributed by atoms with Crippen molar-refractivity contribution in [3.63, 3.8) is 0 Å². The van der Waals surface area contributed by atoms with E-state index in [0.29, 0.717) is 6.04 Å². The molecule has 5 heteroatoms. The van der Waals surface area contributed by atoms with Crippen LogP contribution >= 0.6 is 0 Å². The summed E-state index contributed by atoms with van der Waals surface area (Å²) >= 11 is 0. The lowest BCUT2D eigenvalue weighted by atomic mass is 10.0. The van der Waals surface area contributed by atoms with Gasteiger partial charge < -0.3 is 15.0 Å². The summed E-state index contributed by atoms with van der Waals surface area (Å²) in [5, 5.41) is 10.7. The molecule has 0 aromatic carbocycles. The van der Waals surface area contributed by atoms with Gasteiger partial charge in [-0.1, -0.05) is 6.42 Å². The summed E-state index contributed by atoms with van der Waals surface area (Å²) < 4.78 is 0. The molecule has 1 saturated heterocycles. The molecule has 100 valence electrons. The van der Waals surface area contributed by atoms with Gasteiger partial charge >= 0.3 is 0 Å². The van der Waals surface area contributed by atoms with E-state index in [1.54, 1.807) is 6.33 Å². The Morgan fingerprint density at radius 2 is 2.32 bits per heavy atom. The van der Waals surface area contributed by atoms with Crippen LogP contribution in [0.1, 0.15) is 25.7 Å². The van der Waals surface area contributed by atoms with E-state index >= 15 is 0 Å². The standard InChI is InChI=1S/C14H18N4O/c19-7-10-6-9-2-1-3-12(9)18(10)14-11-4-5-15-13(11)16-8-17-14/h4-5,8-10,12,19H,1-3,6-7H2,(H,15,16,17)/t9-,10-,12-/m0/s1. The Hall–Kier alpha value is -1.62. The average molecular weight is 258 g/mol. The van der Waals surface area contributed by atoms with E-state index in [9.17, 15) is 5.11 Å². The lowest BCUT2D eigenvalue weighted by molar-refractivity contribution is 0.260. The number of nitrogens with one attached hydrogen (secondary N) is 1. The number of aliphatic hydroxyl groups is 1. The van der Waals surface area contributed by atoms with Gasteiger partial charge in [-0.25, -0.2) is 9.97 Å². The third-order valence-corrected chi connectivity index (χ3v) is 4.73. The summed E-state index contributed by atoms with van der Waals surface area (Å²) in [6.07, 6.45) is 8.42. The lowest BCUT2D eigenvalue weighted by Crippen LogP contribution is -2.39. The molecule has 3 atom stereocenters. The first kappa shape index (κ1) is 11.2. The Morgan fingerprint density at radius 3 is 3.21 bits per heavy atom. The third kappa shape index (κ3) is 1.57. The average Bonchev–Trinajstić information content (AvgIpc) is 3.12. The fourth-order valence-electron chi connectivity index (χ4n) is 3.95. The Labute approximate surface area is 111 Å². The number of hydrogen-bond acceptors (Lipinski definition) is 4. The normalized spacial score (nSPS) is 30.2. The van der Waals surface area contributed by atoms with Crippen LogP contribution in [0.2, 0.25) is 0 Å². The molecule has 0 radical (unpaired) electrons. The van der Waals surface area contributed by atoms with Gasteiger partial charge in [-0.3, -0.25) is 0 Å². The molecule has 2 aromatic rings. The zero-order valence-corrected chi connectivity index (χ0v) is 10.8. The molecule has 1 aliphatic carbocycles. The molecule has 2 aromatic heterocycles. The minimum Gasteiger partial charge on any atom is -0.394 e. The quantitative estimate of drug-likeness (QED) is 0.860. The molecule has 2 aliphatic rings. The highest BCUT2D eigenvalue weighted by Gasteiger charge is 2.44. The topological polar surface area (TPSA) is 65.0 Å². The molecule has 2 fully saturated rings. The van der Waals surface area contributed by atoms with Crippen LogP contribution < -0.4 is 4.90 Å². The van der Waals surface area contributed by atoms with Gasteiger partial charge in [0.1, 0.15) is 17.8 Å². The summed E-state index contributed by atoms with van der Waals surface area (Å²) in [7, 11) is 0. The summed E-state index contributed by atoms with van der Waals surface area (Å²) in [4.78, 5) is 14.2. The molecule has 0 bridgehead atoms. The van der Waals surface area contributed by atoms with E-state index in [4.69, 9.17) is 0 Å². The molecule has 1 saturated carbocycles. The van der Waals surface area contributed by atoms with Crippen molar-refractivity contribution in [2.24, 2.45) is 5.92 Å². The number of aromatic amines is 1. The van der Waals surface area contributed by atoms with Crippen LogP contribution in [0.3, 0.4) is 0 Å². The highest BCUT2D eigenvalue weighted by molar-refractivity contribution is 5.87. The summed E-state index contributed by atoms with van der Waals surface area (Å²) in [5.74, 6) is 1.71. The number of H-pyrrole nitrogens is 1. The SMILES string of the molecule is OC[C@@H]1C[C@@H]2CCC[C@@H]2N1c1ncnc2[nH]ccc12. The number of anilines is 1. The van der Waals surface area contributed by atoms with Crippen molar-refractivity contribution in [1.29, 1.82) is 0 Å². The summed E-state index contributed by atoms with van der Waals surface area (Å²) in [6, 6.07) is 2.79. The maximum atomic E-state index is 9.68. The van der Waals surface area contributed by atoms with Gasteiger partial charge in [-0.15, -0.1) is 0 Å². The van der Waals surface area contributed by atoms with Crippen molar-refractivity contribution in [2.45, 2.75) is 37.8 Å². The van der Waals surface area contributed by atoms with Gasteiger partial charge in [-0.05, 0) is 31.2 Å². The monoisotopic (exact) mass is 258 g/mol. The van der Waals surface area contributed by atoms with Crippen LogP contribution in [0.25, 0.3) is 11.0 Å². The van der Waals surface area contributed by atoms with Gasteiger partial charge in [0.05, 0.1) is 18.0 Å². The Morgan fingerprint density at radius 1 is 1.37 bits per heavy atom. The van der Waals surface area contributed by atoms with Crippen LogP contribution in [0.15, 0.2) is 18.6 Å². The number of aliphatic hydroxyl groups excluding tert-OH is 1. The van der Waals surface area contributed by atoms with Crippen molar-refractivity contribution in [3.05, 3.63) is 18.6 Å². The number of fused-ring (bicyclic) bond motifs is 2. The Bertz CT molecular complexity index is 596. The molecular formula is C14H18N4O. The van der Waals surface area contributed by atoms with Crippen LogP contribution in [0.4, 0.5) is 5.82 Å². The first-order chi connectivity index (χ1) is 9.38. The first-order valence-corrected chi connectivity index (χ1v) is 7.06. The van der Waals surface area contributed by atoms with Crippen LogP contribution in [-0.4, -0.2) is 38.7 Å². The molecule has 19 heavy (non-hydrogen) atoms. The fraction of sp³-hybridized carbons (Fsp3) is 0.571. The Kier molecular flexibility index (Phi) is 2.48. The van der Waals surface area contributed by atoms with Crippen molar-refractivity contribution in [2.75, 3.05) is 11.5 Å². The molecule has 0 amide bonds. The van der Waals surface area contributed by atoms with Crippen molar-refractivity contribution in [1.82, 2.24) is 15.0 Å². The zero-order chi connectivity index (χ0) is 12.8. The van der Waals surface area contributed by atoms with E-state index in [1.807, 2.05) is 12.3 Å². The molecule has 2 N–H and O–H groups in total. The minimum absolute atomic E-state index is 0.211. The molecular weight excluding hydrogens is 240 g/mol.